The zero-order valence-corrected chi connectivity index (χ0v) is 25.5. The lowest BCUT2D eigenvalue weighted by atomic mass is 9.95. The zero-order chi connectivity index (χ0) is 30.9. The minimum Gasteiger partial charge on any atom is -0.376 e. The van der Waals surface area contributed by atoms with Crippen molar-refractivity contribution in [1.82, 2.24) is 8.61 Å². The van der Waals surface area contributed by atoms with Crippen LogP contribution in [0.1, 0.15) is 24.5 Å². The second-order valence-corrected chi connectivity index (χ2v) is 14.8. The van der Waals surface area contributed by atoms with E-state index in [1.54, 1.807) is 47.4 Å². The quantitative estimate of drug-likeness (QED) is 0.414. The number of piperazine rings is 1. The first-order valence-corrected chi connectivity index (χ1v) is 16.8. The number of sulfonamides is 2. The summed E-state index contributed by atoms with van der Waals surface area (Å²) in [4.78, 5) is 2.09. The second kappa shape index (κ2) is 12.2. The van der Waals surface area contributed by atoms with Gasteiger partial charge in [0.25, 0.3) is 0 Å². The monoisotopic (exact) mass is 643 g/mol. The molecule has 1 aliphatic carbocycles. The van der Waals surface area contributed by atoms with Crippen molar-refractivity contribution < 1.29 is 35.1 Å². The maximum Gasteiger partial charge on any atom is 0.421 e. The summed E-state index contributed by atoms with van der Waals surface area (Å²) >= 11 is 5.31. The second-order valence-electron chi connectivity index (χ2n) is 10.5. The van der Waals surface area contributed by atoms with E-state index in [0.29, 0.717) is 19.0 Å². The third-order valence-electron chi connectivity index (χ3n) is 7.42. The average molecular weight is 644 g/mol. The number of alkyl halides is 3. The van der Waals surface area contributed by atoms with E-state index >= 15 is 0 Å². The van der Waals surface area contributed by atoms with Crippen LogP contribution in [0.5, 0.6) is 0 Å². The molecule has 0 radical (unpaired) electrons. The molecule has 0 amide bonds. The molecule has 2 aromatic carbocycles. The predicted octanol–water partition coefficient (Wildman–Crippen LogP) is 3.95. The molecule has 4 rings (SSSR count). The average Bonchev–Trinajstić information content (AvgIpc) is 2.92. The smallest absolute Gasteiger partial charge is 0.376 e. The number of halogens is 3. The first-order valence-electron chi connectivity index (χ1n) is 13.1. The summed E-state index contributed by atoms with van der Waals surface area (Å²) < 4.78 is 95.7. The van der Waals surface area contributed by atoms with Crippen LogP contribution in [0.25, 0.3) is 0 Å². The van der Waals surface area contributed by atoms with Crippen molar-refractivity contribution in [3.05, 3.63) is 88.9 Å². The molecule has 1 fully saturated rings. The molecule has 1 N–H and O–H groups in total. The van der Waals surface area contributed by atoms with Gasteiger partial charge in [0.05, 0.1) is 17.2 Å². The molecule has 0 aromatic heterocycles. The minimum atomic E-state index is -4.89. The molecule has 1 heterocycles. The Morgan fingerprint density at radius 2 is 1.67 bits per heavy atom. The van der Waals surface area contributed by atoms with E-state index in [1.807, 2.05) is 0 Å². The number of allylic oxidation sites excluding steroid dienone is 4. The van der Waals surface area contributed by atoms with Crippen LogP contribution in [-0.2, 0) is 32.2 Å². The first-order chi connectivity index (χ1) is 19.5. The fourth-order valence-electron chi connectivity index (χ4n) is 4.91. The molecule has 2 aromatic rings. The van der Waals surface area contributed by atoms with Gasteiger partial charge in [0.1, 0.15) is 0 Å². The van der Waals surface area contributed by atoms with E-state index in [2.05, 4.69) is 0 Å². The largest absolute Gasteiger partial charge is 0.421 e. The van der Waals surface area contributed by atoms with Crippen molar-refractivity contribution in [3.63, 3.8) is 0 Å². The fourth-order valence-corrected chi connectivity index (χ4v) is 7.81. The highest BCUT2D eigenvalue weighted by molar-refractivity contribution is 7.96. The minimum absolute atomic E-state index is 0.0233. The van der Waals surface area contributed by atoms with Gasteiger partial charge >= 0.3 is 6.18 Å². The van der Waals surface area contributed by atoms with E-state index in [0.717, 1.165) is 11.8 Å². The maximum absolute atomic E-state index is 13.6. The van der Waals surface area contributed by atoms with Gasteiger partial charge in [-0.1, -0.05) is 66.8 Å². The van der Waals surface area contributed by atoms with E-state index < -0.39 is 37.9 Å². The standard InChI is InChI=1S/C28H32F3N3O5S3/c1-27(35,28(29,30)31)22-12-14-23(15-13-22)34-17-16-32(42(38,39)26-11-7-6-10-25(26)40)19-24(34)20-33(41(2,36)37)18-21-8-4-3-5-9-21/h3-9,11-15,24,35H,10,16-20H2,1-2H3/t24-,27?/m1/s1. The lowest BCUT2D eigenvalue weighted by Crippen LogP contribution is -2.59. The van der Waals surface area contributed by atoms with Gasteiger partial charge in [-0.05, 0) is 36.3 Å². The lowest BCUT2D eigenvalue weighted by molar-refractivity contribution is -0.258. The van der Waals surface area contributed by atoms with Gasteiger partial charge < -0.3 is 10.0 Å². The van der Waals surface area contributed by atoms with Crippen molar-refractivity contribution >= 4 is 42.8 Å². The van der Waals surface area contributed by atoms with Crippen LogP contribution in [-0.4, -0.2) is 80.1 Å². The highest BCUT2D eigenvalue weighted by atomic mass is 32.2. The summed E-state index contributed by atoms with van der Waals surface area (Å²) in [5.41, 5.74) is -2.23. The molecule has 228 valence electrons. The highest BCUT2D eigenvalue weighted by Gasteiger charge is 2.51. The SMILES string of the molecule is CC(O)(c1ccc(N2CCN(S(=O)(=O)C3=CC=CCC3=S)C[C@@H]2CN(Cc2ccccc2)S(C)(=O)=O)cc1)C(F)(F)F. The number of nitrogens with zero attached hydrogens (tertiary/aromatic N) is 3. The Bertz CT molecular complexity index is 1570. The molecule has 1 unspecified atom stereocenters. The molecule has 8 nitrogen and oxygen atoms in total. The molecule has 42 heavy (non-hydrogen) atoms. The first kappa shape index (κ1) is 32.3. The fraction of sp³-hybridized carbons (Fsp3) is 0.393. The third kappa shape index (κ3) is 6.95. The van der Waals surface area contributed by atoms with Crippen LogP contribution in [0.15, 0.2) is 77.7 Å². The number of hydrogen-bond acceptors (Lipinski definition) is 7. The van der Waals surface area contributed by atoms with Crippen LogP contribution >= 0.6 is 12.2 Å². The summed E-state index contributed by atoms with van der Waals surface area (Å²) in [6.45, 7) is 0.714. The normalized spacial score (nSPS) is 20.5. The Labute approximate surface area is 249 Å². The van der Waals surface area contributed by atoms with Gasteiger partial charge in [-0.15, -0.1) is 0 Å². The summed E-state index contributed by atoms with van der Waals surface area (Å²) in [7, 11) is -7.75. The molecule has 14 heteroatoms. The molecule has 1 saturated heterocycles. The molecule has 0 spiro atoms. The highest BCUT2D eigenvalue weighted by Crippen LogP contribution is 2.39. The van der Waals surface area contributed by atoms with Crippen molar-refractivity contribution in [2.24, 2.45) is 0 Å². The summed E-state index contributed by atoms with van der Waals surface area (Å²) in [5.74, 6) is 0. The van der Waals surface area contributed by atoms with Gasteiger partial charge in [0, 0.05) is 49.7 Å². The van der Waals surface area contributed by atoms with Crippen LogP contribution in [0, 0.1) is 0 Å². The number of hydrogen-bond donors (Lipinski definition) is 1. The van der Waals surface area contributed by atoms with Crippen molar-refractivity contribution in [2.75, 3.05) is 37.3 Å². The number of benzene rings is 2. The summed E-state index contributed by atoms with van der Waals surface area (Å²) in [6, 6.07) is 13.4. The Hall–Kier alpha value is -2.62. The lowest BCUT2D eigenvalue weighted by Gasteiger charge is -2.44. The van der Waals surface area contributed by atoms with Gasteiger partial charge in [-0.25, -0.2) is 16.8 Å². The molecule has 0 saturated carbocycles. The topological polar surface area (TPSA) is 98.2 Å². The maximum atomic E-state index is 13.6. The Morgan fingerprint density at radius 1 is 1.02 bits per heavy atom. The van der Waals surface area contributed by atoms with Crippen LogP contribution < -0.4 is 4.90 Å². The Kier molecular flexibility index (Phi) is 9.36. The van der Waals surface area contributed by atoms with Crippen LogP contribution in [0.3, 0.4) is 0 Å². The number of thiocarbonyl (C=S) groups is 1. The Morgan fingerprint density at radius 3 is 2.24 bits per heavy atom. The summed E-state index contributed by atoms with van der Waals surface area (Å²) in [5, 5.41) is 10.1. The molecular formula is C28H32F3N3O5S3. The van der Waals surface area contributed by atoms with E-state index in [9.17, 15) is 35.1 Å². The molecular weight excluding hydrogens is 612 g/mol. The van der Waals surface area contributed by atoms with Crippen molar-refractivity contribution in [1.29, 1.82) is 0 Å². The van der Waals surface area contributed by atoms with Crippen molar-refractivity contribution in [3.8, 4) is 0 Å². The summed E-state index contributed by atoms with van der Waals surface area (Å²) in [6.07, 6.45) is 1.33. The predicted molar refractivity (Wildman–Crippen MR) is 160 cm³/mol. The molecule has 2 aliphatic rings. The Balaban J connectivity index is 1.69. The third-order valence-corrected chi connectivity index (χ3v) is 11.1. The number of aliphatic hydroxyl groups is 1. The van der Waals surface area contributed by atoms with Gasteiger partial charge in [0.15, 0.2) is 5.60 Å². The van der Waals surface area contributed by atoms with Crippen LogP contribution in [0.4, 0.5) is 18.9 Å². The van der Waals surface area contributed by atoms with E-state index in [1.165, 1.54) is 39.0 Å². The van der Waals surface area contributed by atoms with E-state index in [4.69, 9.17) is 12.2 Å². The zero-order valence-electron chi connectivity index (χ0n) is 23.0. The number of rotatable bonds is 9. The van der Waals surface area contributed by atoms with Gasteiger partial charge in [0.2, 0.25) is 20.0 Å². The van der Waals surface area contributed by atoms with E-state index in [-0.39, 0.29) is 48.1 Å². The van der Waals surface area contributed by atoms with Crippen LogP contribution in [0.2, 0.25) is 0 Å². The molecule has 2 atom stereocenters. The van der Waals surface area contributed by atoms with Crippen molar-refractivity contribution in [2.45, 2.75) is 37.7 Å². The molecule has 1 aliphatic heterocycles. The molecule has 0 bridgehead atoms. The van der Waals surface area contributed by atoms with Gasteiger partial charge in [-0.3, -0.25) is 0 Å². The number of anilines is 1. The van der Waals surface area contributed by atoms with Gasteiger partial charge in [-0.2, -0.15) is 21.8 Å².